The number of rotatable bonds is 4. The molecular weight excluding hydrogens is 326 g/mol. The van der Waals surface area contributed by atoms with Gasteiger partial charge in [0.25, 0.3) is 0 Å². The molecule has 138 valence electrons. The molecule has 1 aliphatic carbocycles. The molecule has 0 aromatic carbocycles. The maximum atomic E-state index is 13.0. The van der Waals surface area contributed by atoms with E-state index in [0.717, 1.165) is 38.5 Å². The summed E-state index contributed by atoms with van der Waals surface area (Å²) in [5, 5.41) is -0.441. The first-order valence-corrected chi connectivity index (χ1v) is 10.9. The van der Waals surface area contributed by atoms with Gasteiger partial charge in [0.2, 0.25) is 15.9 Å². The van der Waals surface area contributed by atoms with Crippen molar-refractivity contribution in [1.29, 1.82) is 0 Å². The van der Waals surface area contributed by atoms with Crippen molar-refractivity contribution < 1.29 is 13.2 Å². The van der Waals surface area contributed by atoms with Gasteiger partial charge < -0.3 is 10.6 Å². The molecule has 3 rings (SSSR count). The number of carbonyl (C=O) groups is 1. The fourth-order valence-electron chi connectivity index (χ4n) is 4.44. The summed E-state index contributed by atoms with van der Waals surface area (Å²) in [6.45, 7) is 4.14. The third-order valence-electron chi connectivity index (χ3n) is 6.11. The van der Waals surface area contributed by atoms with E-state index in [-0.39, 0.29) is 23.8 Å². The molecule has 0 bridgehead atoms. The molecule has 0 radical (unpaired) electrons. The molecule has 2 saturated heterocycles. The van der Waals surface area contributed by atoms with E-state index >= 15 is 0 Å². The maximum Gasteiger partial charge on any atom is 0.225 e. The molecule has 3 aliphatic rings. The number of nitrogens with two attached hydrogens (primary N) is 1. The van der Waals surface area contributed by atoms with Crippen LogP contribution in [0.1, 0.15) is 51.9 Å². The Bertz CT molecular complexity index is 557. The second-order valence-corrected chi connectivity index (χ2v) is 10.1. The van der Waals surface area contributed by atoms with Crippen LogP contribution in [0.5, 0.6) is 0 Å². The van der Waals surface area contributed by atoms with Gasteiger partial charge >= 0.3 is 0 Å². The molecule has 0 spiro atoms. The number of nitrogens with zero attached hydrogens (tertiary/aromatic N) is 2. The molecule has 3 unspecified atom stereocenters. The molecule has 2 N–H and O–H groups in total. The van der Waals surface area contributed by atoms with E-state index in [1.807, 2.05) is 11.8 Å². The monoisotopic (exact) mass is 357 g/mol. The normalized spacial score (nSPS) is 31.5. The van der Waals surface area contributed by atoms with Crippen LogP contribution in [-0.4, -0.2) is 61.0 Å². The molecule has 24 heavy (non-hydrogen) atoms. The Hall–Kier alpha value is -0.660. The van der Waals surface area contributed by atoms with E-state index in [4.69, 9.17) is 5.73 Å². The summed E-state index contributed by atoms with van der Waals surface area (Å²) >= 11 is 0. The van der Waals surface area contributed by atoms with Crippen LogP contribution in [0, 0.1) is 11.8 Å². The zero-order valence-corrected chi connectivity index (χ0v) is 15.5. The van der Waals surface area contributed by atoms with Crippen LogP contribution in [-0.2, 0) is 14.8 Å². The first kappa shape index (κ1) is 18.1. The van der Waals surface area contributed by atoms with E-state index in [9.17, 15) is 13.2 Å². The van der Waals surface area contributed by atoms with E-state index < -0.39 is 15.3 Å². The summed E-state index contributed by atoms with van der Waals surface area (Å²) in [6.07, 6.45) is 6.47. The lowest BCUT2D eigenvalue weighted by atomic mass is 10.0. The Kier molecular flexibility index (Phi) is 5.52. The first-order chi connectivity index (χ1) is 11.4. The van der Waals surface area contributed by atoms with Gasteiger partial charge in [0.1, 0.15) is 0 Å². The Morgan fingerprint density at radius 2 is 1.75 bits per heavy atom. The van der Waals surface area contributed by atoms with Crippen LogP contribution in [0.4, 0.5) is 0 Å². The highest BCUT2D eigenvalue weighted by Crippen LogP contribution is 2.30. The predicted molar refractivity (Wildman–Crippen MR) is 93.8 cm³/mol. The lowest BCUT2D eigenvalue weighted by Crippen LogP contribution is -2.50. The van der Waals surface area contributed by atoms with Gasteiger partial charge in [0.15, 0.2) is 0 Å². The standard InChI is InChI=1S/C17H31N3O3S/c1-13(18)15-8-10-20(11-15)24(22,23)16-7-4-9-19(12-16)17(21)14-5-2-3-6-14/h13-16H,2-12,18H2,1H3. The summed E-state index contributed by atoms with van der Waals surface area (Å²) < 4.78 is 27.6. The molecule has 0 aromatic heterocycles. The van der Waals surface area contributed by atoms with Crippen molar-refractivity contribution in [3.63, 3.8) is 0 Å². The Balaban J connectivity index is 1.64. The Morgan fingerprint density at radius 3 is 2.38 bits per heavy atom. The van der Waals surface area contributed by atoms with Gasteiger partial charge in [0, 0.05) is 38.1 Å². The zero-order valence-electron chi connectivity index (χ0n) is 14.7. The first-order valence-electron chi connectivity index (χ1n) is 9.43. The number of hydrogen-bond donors (Lipinski definition) is 1. The van der Waals surface area contributed by atoms with Crippen LogP contribution in [0.2, 0.25) is 0 Å². The highest BCUT2D eigenvalue weighted by molar-refractivity contribution is 7.89. The van der Waals surface area contributed by atoms with Crippen molar-refractivity contribution in [3.05, 3.63) is 0 Å². The van der Waals surface area contributed by atoms with Gasteiger partial charge in [-0.25, -0.2) is 12.7 Å². The molecule has 1 saturated carbocycles. The van der Waals surface area contributed by atoms with Gasteiger partial charge in [-0.05, 0) is 44.9 Å². The average Bonchev–Trinajstić information content (AvgIpc) is 3.26. The molecule has 0 aromatic rings. The van der Waals surface area contributed by atoms with Crippen molar-refractivity contribution in [2.75, 3.05) is 26.2 Å². The van der Waals surface area contributed by atoms with Gasteiger partial charge in [-0.1, -0.05) is 12.8 Å². The number of piperidine rings is 1. The second kappa shape index (κ2) is 7.30. The number of likely N-dealkylation sites (tertiary alicyclic amines) is 1. The maximum absolute atomic E-state index is 13.0. The van der Waals surface area contributed by atoms with Crippen LogP contribution in [0.25, 0.3) is 0 Å². The SMILES string of the molecule is CC(N)C1CCN(S(=O)(=O)C2CCCN(C(=O)C3CCCC3)C2)C1. The number of sulfonamides is 1. The predicted octanol–water partition coefficient (Wildman–Crippen LogP) is 1.17. The van der Waals surface area contributed by atoms with Gasteiger partial charge in [-0.3, -0.25) is 4.79 Å². The number of amides is 1. The van der Waals surface area contributed by atoms with Crippen molar-refractivity contribution in [2.45, 2.75) is 63.2 Å². The van der Waals surface area contributed by atoms with Crippen LogP contribution < -0.4 is 5.73 Å². The molecule has 7 heteroatoms. The van der Waals surface area contributed by atoms with Crippen LogP contribution in [0.15, 0.2) is 0 Å². The van der Waals surface area contributed by atoms with E-state index in [2.05, 4.69) is 0 Å². The second-order valence-electron chi connectivity index (χ2n) is 7.84. The van der Waals surface area contributed by atoms with E-state index in [1.54, 1.807) is 4.31 Å². The van der Waals surface area contributed by atoms with Gasteiger partial charge in [-0.2, -0.15) is 0 Å². The summed E-state index contributed by atoms with van der Waals surface area (Å²) in [4.78, 5) is 14.5. The van der Waals surface area contributed by atoms with Crippen molar-refractivity contribution in [1.82, 2.24) is 9.21 Å². The molecular formula is C17H31N3O3S. The average molecular weight is 358 g/mol. The topological polar surface area (TPSA) is 83.7 Å². The molecule has 3 atom stereocenters. The van der Waals surface area contributed by atoms with E-state index in [1.165, 1.54) is 0 Å². The smallest absolute Gasteiger partial charge is 0.225 e. The minimum atomic E-state index is -3.33. The van der Waals surface area contributed by atoms with Crippen LogP contribution in [0.3, 0.4) is 0 Å². The largest absolute Gasteiger partial charge is 0.341 e. The molecule has 1 amide bonds. The van der Waals surface area contributed by atoms with Crippen LogP contribution >= 0.6 is 0 Å². The highest BCUT2D eigenvalue weighted by Gasteiger charge is 2.41. The Morgan fingerprint density at radius 1 is 1.04 bits per heavy atom. The third kappa shape index (κ3) is 3.63. The van der Waals surface area contributed by atoms with Gasteiger partial charge in [-0.15, -0.1) is 0 Å². The summed E-state index contributed by atoms with van der Waals surface area (Å²) in [6, 6.07) is 0.0250. The fraction of sp³-hybridized carbons (Fsp3) is 0.941. The summed E-state index contributed by atoms with van der Waals surface area (Å²) in [7, 11) is -3.33. The minimum Gasteiger partial charge on any atom is -0.341 e. The number of hydrogen-bond acceptors (Lipinski definition) is 4. The summed E-state index contributed by atoms with van der Waals surface area (Å²) in [5.74, 6) is 0.558. The Labute approximate surface area is 145 Å². The molecule has 2 aliphatic heterocycles. The van der Waals surface area contributed by atoms with Crippen molar-refractivity contribution in [3.8, 4) is 0 Å². The fourth-order valence-corrected chi connectivity index (χ4v) is 6.45. The minimum absolute atomic E-state index is 0.0250. The summed E-state index contributed by atoms with van der Waals surface area (Å²) in [5.41, 5.74) is 5.94. The molecule has 3 fully saturated rings. The highest BCUT2D eigenvalue weighted by atomic mass is 32.2. The lowest BCUT2D eigenvalue weighted by molar-refractivity contribution is -0.136. The quantitative estimate of drug-likeness (QED) is 0.818. The molecule has 2 heterocycles. The van der Waals surface area contributed by atoms with Crippen molar-refractivity contribution >= 4 is 15.9 Å². The number of carbonyl (C=O) groups excluding carboxylic acids is 1. The van der Waals surface area contributed by atoms with Crippen molar-refractivity contribution in [2.24, 2.45) is 17.6 Å². The lowest BCUT2D eigenvalue weighted by Gasteiger charge is -2.35. The van der Waals surface area contributed by atoms with Gasteiger partial charge in [0.05, 0.1) is 5.25 Å². The zero-order chi connectivity index (χ0) is 17.3. The van der Waals surface area contributed by atoms with E-state index in [0.29, 0.717) is 32.6 Å². The third-order valence-corrected chi connectivity index (χ3v) is 8.39. The molecule has 6 nitrogen and oxygen atoms in total.